The van der Waals surface area contributed by atoms with E-state index in [1.54, 1.807) is 39.0 Å². The number of unbranched alkanes of at least 4 members (excludes halogenated alkanes) is 1. The van der Waals surface area contributed by atoms with Gasteiger partial charge in [-0.05, 0) is 107 Å². The second-order valence-electron chi connectivity index (χ2n) is 22.1. The maximum Gasteiger partial charge on any atom is 0.407 e. The van der Waals surface area contributed by atoms with Gasteiger partial charge < -0.3 is 77.8 Å². The number of amides is 1. The summed E-state index contributed by atoms with van der Waals surface area (Å²) in [6.07, 6.45) is 2.74. The Hall–Kier alpha value is -11.1. The first-order valence-corrected chi connectivity index (χ1v) is 33.0. The van der Waals surface area contributed by atoms with E-state index in [2.05, 4.69) is 94.2 Å². The molecule has 108 heavy (non-hydrogen) atoms. The number of phenolic OH excluding ortho intramolecular Hbond substituents is 2. The molecule has 4 aromatic heterocycles. The lowest BCUT2D eigenvalue weighted by Gasteiger charge is -2.20. The average Bonchev–Trinajstić information content (AvgIpc) is 1.67. The number of ether oxygens (including phenoxy) is 7. The number of carbonyl (C=O) groups excluding carboxylic acids is 1. The molecule has 0 spiro atoms. The largest absolute Gasteiger partial charge is 0.505 e. The second kappa shape index (κ2) is 41.1. The highest BCUT2D eigenvalue weighted by Gasteiger charge is 2.24. The Morgan fingerprint density at radius 2 is 0.954 bits per heavy atom. The van der Waals surface area contributed by atoms with Gasteiger partial charge in [0, 0.05) is 90.6 Å². The van der Waals surface area contributed by atoms with Crippen molar-refractivity contribution in [2.75, 3.05) is 60.5 Å². The van der Waals surface area contributed by atoms with Crippen LogP contribution in [0.5, 0.6) is 46.0 Å². The summed E-state index contributed by atoms with van der Waals surface area (Å²) in [5.74, 6) is -7.80. The van der Waals surface area contributed by atoms with Crippen molar-refractivity contribution in [2.24, 2.45) is 5.73 Å². The number of nitrogens with two attached hydrogens (primary N) is 2. The first kappa shape index (κ1) is 87.5. The van der Waals surface area contributed by atoms with E-state index >= 15 is 0 Å². The van der Waals surface area contributed by atoms with Crippen LogP contribution in [-0.2, 0) is 11.2 Å². The molecule has 0 aliphatic rings. The number of nitrogens with zero attached hydrogens (tertiary/aromatic N) is 6. The highest BCUT2D eigenvalue weighted by molar-refractivity contribution is 9.10. The number of alkyl carbamates (subject to hydrolysis) is 1. The number of carbonyl (C=O) groups is 1. The number of hydrogen-bond acceptors (Lipinski definition) is 24. The molecule has 11 rings (SSSR count). The predicted molar refractivity (Wildman–Crippen MR) is 381 cm³/mol. The highest BCUT2D eigenvalue weighted by Crippen LogP contribution is 2.35. The molecule has 0 radical (unpaired) electrons. The Kier molecular flexibility index (Phi) is 33.3. The Morgan fingerprint density at radius 1 is 0.556 bits per heavy atom. The van der Waals surface area contributed by atoms with E-state index in [9.17, 15) is 68.9 Å². The number of fused-ring (bicyclic) bond motifs is 4. The first-order valence-electron chi connectivity index (χ1n) is 30.6. The van der Waals surface area contributed by atoms with Gasteiger partial charge in [-0.25, -0.2) is 37.9 Å². The van der Waals surface area contributed by atoms with Gasteiger partial charge in [0.15, 0.2) is 80.0 Å². The summed E-state index contributed by atoms with van der Waals surface area (Å²) in [4.78, 5) is 46.8. The number of oxazole rings is 4. The van der Waals surface area contributed by atoms with Crippen LogP contribution in [0.15, 0.2) is 141 Å². The number of methoxy groups -OCH3 is 4. The number of rotatable bonds is 18. The number of nitrogen functional groups attached to an aromatic ring is 1. The van der Waals surface area contributed by atoms with Gasteiger partial charge in [-0.15, -0.1) is 0 Å². The summed E-state index contributed by atoms with van der Waals surface area (Å²) in [5.41, 5.74) is 10.7. The summed E-state index contributed by atoms with van der Waals surface area (Å²) in [7, 11) is 5.19. The third kappa shape index (κ3) is 24.2. The minimum absolute atomic E-state index is 0.00306. The van der Waals surface area contributed by atoms with E-state index in [1.807, 2.05) is 0 Å². The molecule has 1 amide bonds. The van der Waals surface area contributed by atoms with Gasteiger partial charge >= 0.3 is 11.8 Å². The summed E-state index contributed by atoms with van der Waals surface area (Å²) in [6.45, 7) is 8.06. The van der Waals surface area contributed by atoms with Crippen LogP contribution in [0.25, 0.3) is 44.4 Å². The molecule has 0 unspecified atom stereocenters. The van der Waals surface area contributed by atoms with Gasteiger partial charge in [-0.1, -0.05) is 13.3 Å². The van der Waals surface area contributed by atoms with E-state index in [4.69, 9.17) is 58.3 Å². The molecule has 580 valence electrons. The molecule has 0 aliphatic carbocycles. The zero-order valence-electron chi connectivity index (χ0n) is 57.9. The van der Waals surface area contributed by atoms with Crippen molar-refractivity contribution in [3.05, 3.63) is 201 Å². The van der Waals surface area contributed by atoms with Crippen molar-refractivity contribution >= 4 is 115 Å². The lowest BCUT2D eigenvalue weighted by molar-refractivity contribution is -0.387. The molecule has 0 bridgehead atoms. The average molecular weight is 1720 g/mol. The van der Waals surface area contributed by atoms with Crippen molar-refractivity contribution in [1.82, 2.24) is 25.3 Å². The van der Waals surface area contributed by atoms with Gasteiger partial charge in [0.05, 0.1) is 62.2 Å². The van der Waals surface area contributed by atoms with Crippen molar-refractivity contribution in [1.29, 1.82) is 0 Å². The van der Waals surface area contributed by atoms with E-state index in [1.165, 1.54) is 82.9 Å². The molecule has 0 saturated carbocycles. The third-order valence-electron chi connectivity index (χ3n) is 13.6. The van der Waals surface area contributed by atoms with Crippen LogP contribution in [0.3, 0.4) is 0 Å². The van der Waals surface area contributed by atoms with Gasteiger partial charge in [0.25, 0.3) is 20.1 Å². The second-order valence-corrected chi connectivity index (χ2v) is 24.1. The molecular weight excluding hydrogens is 1660 g/mol. The minimum atomic E-state index is -1.51. The number of hydrogen-bond donors (Lipinski definition) is 5. The Bertz CT molecular complexity index is 4930. The Balaban J connectivity index is 0.000000230. The molecule has 4 heterocycles. The zero-order valence-corrected chi connectivity index (χ0v) is 62.6. The molecule has 0 fully saturated rings. The number of anilines is 1. The number of halogens is 13. The molecule has 0 aliphatic heterocycles. The van der Waals surface area contributed by atoms with E-state index in [-0.39, 0.29) is 126 Å². The quantitative estimate of drug-likeness (QED) is 0.0175. The summed E-state index contributed by atoms with van der Waals surface area (Å²) in [6, 6.07) is 18.8. The van der Waals surface area contributed by atoms with Crippen LogP contribution in [0, 0.1) is 73.7 Å². The smallest absolute Gasteiger partial charge is 0.407 e. The van der Waals surface area contributed by atoms with Crippen molar-refractivity contribution in [3.63, 3.8) is 0 Å². The molecule has 7 aromatic carbocycles. The number of aromatic nitrogens is 4. The van der Waals surface area contributed by atoms with Crippen LogP contribution in [0.1, 0.15) is 52.0 Å². The Morgan fingerprint density at radius 3 is 1.42 bits per heavy atom. The predicted octanol–water partition coefficient (Wildman–Crippen LogP) is 18.2. The van der Waals surface area contributed by atoms with Crippen LogP contribution < -0.4 is 45.2 Å². The number of aryl methyl sites for hydroxylation is 1. The number of aromatic hydroxyl groups is 2. The standard InChI is InChI=1S/C16H17BrF2N2O4.C12H14FNO2.C11H9BrF2N2O2.C8H8FNO3.C7H3BrFNO2.C7H5F2NO3.C7H8FNO2/c1-16(2,3)25-15(22)20-7-9(6-18)8-23-11-5-4-10-13(12(11)19)24-14(17)21-10;1-3-4-5-10-14-8-6-7-9(15-2)11(13)12(8)16-10;12-11-16-7-1-2-8(9(14)10(7)18-11)17-5-6(3-13)4-15;1-5-6(10(11)12)3-4-7(13-2)8(5)9;8-7-10-3-1-2-4(11)5(9)6(3)12-7;1-13-5-3-2-4(10(11)12)6(8)7(5)9;1-11-5-3-2-4(9)7(10)6(5)8/h4-6H,7-8H2,1-3H3,(H,20,22);6-7H,3-5H2,1-2H3;1-3H,4-5,15H2;3-4H,1-2H3;1-2,11H;2-3H,1H3;2-3,10H,9H2,1H3/b9-6+;;6-3+;;;;. The molecule has 40 heteroatoms. The highest BCUT2D eigenvalue weighted by atomic mass is 79.9. The van der Waals surface area contributed by atoms with Crippen LogP contribution in [-0.4, -0.2) is 106 Å². The fraction of sp³-hybridized carbons (Fsp3) is 0.250. The topological polar surface area (TPSA) is 377 Å². The Labute approximate surface area is 630 Å². The van der Waals surface area contributed by atoms with Gasteiger partial charge in [-0.3, -0.25) is 20.2 Å². The first-order chi connectivity index (χ1) is 51.1. The van der Waals surface area contributed by atoms with Gasteiger partial charge in [0.1, 0.15) is 40.9 Å². The van der Waals surface area contributed by atoms with Crippen molar-refractivity contribution < 1.29 is 120 Å². The van der Waals surface area contributed by atoms with Crippen molar-refractivity contribution in [2.45, 2.75) is 59.5 Å². The van der Waals surface area contributed by atoms with Crippen LogP contribution in [0.4, 0.5) is 65.8 Å². The number of phenols is 2. The van der Waals surface area contributed by atoms with Crippen LogP contribution in [0.2, 0.25) is 0 Å². The normalized spacial score (nSPS) is 11.0. The number of benzene rings is 7. The summed E-state index contributed by atoms with van der Waals surface area (Å²) < 4.78 is 186. The van der Waals surface area contributed by atoms with Crippen LogP contribution >= 0.6 is 47.8 Å². The molecule has 27 nitrogen and oxygen atoms in total. The maximum atomic E-state index is 14.3. The molecule has 11 aromatic rings. The fourth-order valence-corrected chi connectivity index (χ4v) is 9.26. The lowest BCUT2D eigenvalue weighted by atomic mass is 10.2. The number of nitro groups is 2. The zero-order chi connectivity index (χ0) is 80.4. The summed E-state index contributed by atoms with van der Waals surface area (Å²) in [5, 5.41) is 40.8. The lowest BCUT2D eigenvalue weighted by Crippen LogP contribution is -2.34. The van der Waals surface area contributed by atoms with Gasteiger partial charge in [0.2, 0.25) is 40.7 Å². The van der Waals surface area contributed by atoms with E-state index < -0.39 is 85.3 Å². The number of nitrogens with one attached hydrogen (secondary N) is 1. The minimum Gasteiger partial charge on any atom is -0.505 e. The summed E-state index contributed by atoms with van der Waals surface area (Å²) >= 11 is 8.98. The van der Waals surface area contributed by atoms with Gasteiger partial charge in [-0.2, -0.15) is 30.7 Å². The van der Waals surface area contributed by atoms with E-state index in [0.717, 1.165) is 38.5 Å². The van der Waals surface area contributed by atoms with E-state index in [0.29, 0.717) is 40.6 Å². The molecular formula is C68H64Br3F10N9O18. The SMILES string of the molecule is CC(C)(C)OC(=O)NC/C(=C\F)COc1ccc2nc(Br)oc2c1F.CCCCc1nc2ccc(OC)c(F)c2o1.COc1ccc(N)c(O)c1F.COc1ccc([N+](=O)[O-])c(C)c1F.COc1ccc([N+](=O)[O-])c(F)c1F.NC/C(=C\F)COc1ccc2nc(Br)oc2c1F.Oc1ccc2nc(Br)oc2c1F. The molecule has 0 atom stereocenters. The number of nitro benzene ring substituents is 2. The molecule has 0 saturated heterocycles. The monoisotopic (exact) mass is 1720 g/mol. The third-order valence-corrected chi connectivity index (χ3v) is 14.6. The fourth-order valence-electron chi connectivity index (χ4n) is 8.20. The molecule has 7 N–H and O–H groups in total. The maximum absolute atomic E-state index is 14.3. The van der Waals surface area contributed by atoms with Crippen molar-refractivity contribution in [3.8, 4) is 46.0 Å².